The van der Waals surface area contributed by atoms with Crippen molar-refractivity contribution < 1.29 is 9.47 Å². The molecule has 1 aliphatic rings. The van der Waals surface area contributed by atoms with Gasteiger partial charge in [-0.3, -0.25) is 0 Å². The SMILES string of the molecule is CC1(C)OC(c2cc3ccccc3c3sc4cc(-c5ccccc5)ccc4c23)OC1(C)C. The summed E-state index contributed by atoms with van der Waals surface area (Å²) >= 11 is 1.86. The zero-order valence-corrected chi connectivity index (χ0v) is 19.6. The summed E-state index contributed by atoms with van der Waals surface area (Å²) < 4.78 is 15.6. The van der Waals surface area contributed by atoms with E-state index in [0.29, 0.717) is 0 Å². The Hall–Kier alpha value is -2.72. The average molecular weight is 439 g/mol. The number of hydrogen-bond acceptors (Lipinski definition) is 3. The average Bonchev–Trinajstić information content (AvgIpc) is 3.27. The first kappa shape index (κ1) is 19.9. The van der Waals surface area contributed by atoms with Crippen LogP contribution in [0, 0.1) is 0 Å². The third-order valence-corrected chi connectivity index (χ3v) is 8.30. The van der Waals surface area contributed by atoms with E-state index in [4.69, 9.17) is 9.47 Å². The van der Waals surface area contributed by atoms with Gasteiger partial charge in [-0.05, 0) is 61.7 Å². The Bertz CT molecular complexity index is 1460. The van der Waals surface area contributed by atoms with Crippen molar-refractivity contribution in [2.24, 2.45) is 0 Å². The fourth-order valence-corrected chi connectivity index (χ4v) is 5.92. The second kappa shape index (κ2) is 6.89. The van der Waals surface area contributed by atoms with E-state index in [9.17, 15) is 0 Å². The van der Waals surface area contributed by atoms with Gasteiger partial charge >= 0.3 is 0 Å². The lowest BCUT2D eigenvalue weighted by molar-refractivity contribution is -0.0884. The van der Waals surface area contributed by atoms with Crippen molar-refractivity contribution in [1.82, 2.24) is 0 Å². The highest BCUT2D eigenvalue weighted by Gasteiger charge is 2.50. The second-order valence-corrected chi connectivity index (χ2v) is 10.7. The van der Waals surface area contributed by atoms with Crippen LogP contribution in [0.5, 0.6) is 0 Å². The lowest BCUT2D eigenvalue weighted by Gasteiger charge is -2.30. The van der Waals surface area contributed by atoms with Crippen LogP contribution in [0.15, 0.2) is 78.9 Å². The molecule has 2 nitrogen and oxygen atoms in total. The van der Waals surface area contributed by atoms with E-state index in [0.717, 1.165) is 5.56 Å². The normalized spacial score (nSPS) is 18.1. The molecule has 0 radical (unpaired) electrons. The first-order valence-corrected chi connectivity index (χ1v) is 11.9. The van der Waals surface area contributed by atoms with Crippen molar-refractivity contribution in [3.8, 4) is 11.1 Å². The summed E-state index contributed by atoms with van der Waals surface area (Å²) in [7, 11) is 0. The molecule has 32 heavy (non-hydrogen) atoms. The Morgan fingerprint density at radius 3 is 2.12 bits per heavy atom. The van der Waals surface area contributed by atoms with Gasteiger partial charge in [0.05, 0.1) is 11.2 Å². The van der Waals surface area contributed by atoms with Crippen molar-refractivity contribution >= 4 is 42.3 Å². The fourth-order valence-electron chi connectivity index (χ4n) is 4.61. The lowest BCUT2D eigenvalue weighted by atomic mass is 9.90. The summed E-state index contributed by atoms with van der Waals surface area (Å²) in [5.41, 5.74) is 2.86. The molecule has 1 saturated heterocycles. The molecule has 4 aromatic carbocycles. The number of ether oxygens (including phenoxy) is 2. The fraction of sp³-hybridized carbons (Fsp3) is 0.241. The predicted molar refractivity (Wildman–Crippen MR) is 135 cm³/mol. The third kappa shape index (κ3) is 2.92. The van der Waals surface area contributed by atoms with Crippen molar-refractivity contribution in [3.63, 3.8) is 0 Å². The van der Waals surface area contributed by atoms with E-state index in [2.05, 4.69) is 107 Å². The monoisotopic (exact) mass is 438 g/mol. The molecule has 0 bridgehead atoms. The van der Waals surface area contributed by atoms with Crippen LogP contribution in [0.25, 0.3) is 42.1 Å². The van der Waals surface area contributed by atoms with Crippen LogP contribution in [-0.2, 0) is 9.47 Å². The number of rotatable bonds is 2. The molecule has 0 aliphatic carbocycles. The summed E-state index contributed by atoms with van der Waals surface area (Å²) in [5, 5.41) is 5.02. The molecular weight excluding hydrogens is 412 g/mol. The minimum absolute atomic E-state index is 0.373. The maximum Gasteiger partial charge on any atom is 0.186 e. The van der Waals surface area contributed by atoms with E-state index in [1.807, 2.05) is 11.3 Å². The maximum atomic E-state index is 6.50. The van der Waals surface area contributed by atoms with Gasteiger partial charge in [0.15, 0.2) is 6.29 Å². The van der Waals surface area contributed by atoms with Crippen molar-refractivity contribution in [2.45, 2.75) is 45.2 Å². The lowest BCUT2D eigenvalue weighted by Crippen LogP contribution is -2.41. The molecule has 1 aromatic heterocycles. The van der Waals surface area contributed by atoms with Crippen LogP contribution < -0.4 is 0 Å². The van der Waals surface area contributed by atoms with Gasteiger partial charge in [0.1, 0.15) is 0 Å². The molecule has 0 N–H and O–H groups in total. The first-order valence-electron chi connectivity index (χ1n) is 11.1. The molecule has 3 heteroatoms. The highest BCUT2D eigenvalue weighted by Crippen LogP contribution is 2.50. The molecule has 0 unspecified atom stereocenters. The van der Waals surface area contributed by atoms with Gasteiger partial charge in [0, 0.05) is 25.7 Å². The summed E-state index contributed by atoms with van der Waals surface area (Å²) in [4.78, 5) is 0. The molecule has 6 rings (SSSR count). The summed E-state index contributed by atoms with van der Waals surface area (Å²) in [5.74, 6) is 0. The zero-order valence-electron chi connectivity index (χ0n) is 18.8. The smallest absolute Gasteiger partial charge is 0.186 e. The van der Waals surface area contributed by atoms with Crippen molar-refractivity contribution in [3.05, 3.63) is 84.4 Å². The first-order chi connectivity index (χ1) is 15.3. The zero-order chi connectivity index (χ0) is 22.1. The number of benzene rings is 4. The highest BCUT2D eigenvalue weighted by atomic mass is 32.1. The molecule has 1 aliphatic heterocycles. The standard InChI is InChI=1S/C29H26O2S/c1-28(2)29(3,4)31-27(30-28)23-16-20-12-8-9-13-21(20)26-25(23)22-15-14-19(17-24(22)32-26)18-10-6-5-7-11-18/h5-17,27H,1-4H3. The maximum absolute atomic E-state index is 6.50. The largest absolute Gasteiger partial charge is 0.339 e. The third-order valence-electron chi connectivity index (χ3n) is 7.11. The molecular formula is C29H26O2S. The Morgan fingerprint density at radius 2 is 1.38 bits per heavy atom. The van der Waals surface area contributed by atoms with Crippen LogP contribution in [0.1, 0.15) is 39.5 Å². The van der Waals surface area contributed by atoms with E-state index in [1.165, 1.54) is 42.1 Å². The van der Waals surface area contributed by atoms with Crippen LogP contribution in [0.2, 0.25) is 0 Å². The predicted octanol–water partition coefficient (Wildman–Crippen LogP) is 8.48. The Labute approximate surface area is 192 Å². The minimum Gasteiger partial charge on any atom is -0.339 e. The summed E-state index contributed by atoms with van der Waals surface area (Å²) in [6, 6.07) is 28.3. The van der Waals surface area contributed by atoms with Crippen LogP contribution >= 0.6 is 11.3 Å². The minimum atomic E-state index is -0.390. The molecule has 0 amide bonds. The topological polar surface area (TPSA) is 18.5 Å². The number of hydrogen-bond donors (Lipinski definition) is 0. The Kier molecular flexibility index (Phi) is 4.29. The highest BCUT2D eigenvalue weighted by molar-refractivity contribution is 7.26. The Morgan fingerprint density at radius 1 is 0.688 bits per heavy atom. The van der Waals surface area contributed by atoms with Crippen molar-refractivity contribution in [2.75, 3.05) is 0 Å². The van der Waals surface area contributed by atoms with Crippen molar-refractivity contribution in [1.29, 1.82) is 0 Å². The number of thiophene rings is 1. The van der Waals surface area contributed by atoms with Gasteiger partial charge in [-0.25, -0.2) is 0 Å². The molecule has 0 atom stereocenters. The Balaban J connectivity index is 1.63. The molecule has 160 valence electrons. The van der Waals surface area contributed by atoms with E-state index in [-0.39, 0.29) is 11.2 Å². The summed E-state index contributed by atoms with van der Waals surface area (Å²) in [6.45, 7) is 8.46. The number of fused-ring (bicyclic) bond motifs is 5. The van der Waals surface area contributed by atoms with Gasteiger partial charge in [-0.1, -0.05) is 66.7 Å². The van der Waals surface area contributed by atoms with Gasteiger partial charge in [0.25, 0.3) is 0 Å². The van der Waals surface area contributed by atoms with Gasteiger partial charge < -0.3 is 9.47 Å². The van der Waals surface area contributed by atoms with E-state index < -0.39 is 6.29 Å². The molecule has 0 spiro atoms. The van der Waals surface area contributed by atoms with Crippen LogP contribution in [-0.4, -0.2) is 11.2 Å². The van der Waals surface area contributed by atoms with Crippen LogP contribution in [0.4, 0.5) is 0 Å². The van der Waals surface area contributed by atoms with E-state index >= 15 is 0 Å². The van der Waals surface area contributed by atoms with Gasteiger partial charge in [-0.2, -0.15) is 0 Å². The van der Waals surface area contributed by atoms with E-state index in [1.54, 1.807) is 0 Å². The molecule has 2 heterocycles. The van der Waals surface area contributed by atoms with Gasteiger partial charge in [0.2, 0.25) is 0 Å². The molecule has 1 fully saturated rings. The quantitative estimate of drug-likeness (QED) is 0.275. The molecule has 0 saturated carbocycles. The molecule has 5 aromatic rings. The second-order valence-electron chi connectivity index (χ2n) is 9.66. The summed E-state index contributed by atoms with van der Waals surface area (Å²) in [6.07, 6.45) is -0.390. The van der Waals surface area contributed by atoms with Gasteiger partial charge in [-0.15, -0.1) is 11.3 Å². The van der Waals surface area contributed by atoms with Crippen LogP contribution in [0.3, 0.4) is 0 Å².